The molecule has 2 bridgehead atoms. The van der Waals surface area contributed by atoms with Gasteiger partial charge in [0.15, 0.2) is 5.78 Å². The Kier molecular flexibility index (Phi) is 4.52. The fraction of sp³-hybridized carbons (Fsp3) is 0.409. The van der Waals surface area contributed by atoms with E-state index >= 15 is 0 Å². The van der Waals surface area contributed by atoms with Gasteiger partial charge in [-0.3, -0.25) is 14.5 Å². The molecule has 0 unspecified atom stereocenters. The molecule has 2 atom stereocenters. The highest BCUT2D eigenvalue weighted by Crippen LogP contribution is 2.36. The number of thiophene rings is 1. The molecule has 5 heterocycles. The van der Waals surface area contributed by atoms with E-state index in [-0.39, 0.29) is 11.3 Å². The molecule has 0 aliphatic carbocycles. The van der Waals surface area contributed by atoms with Gasteiger partial charge in [-0.25, -0.2) is 4.98 Å². The van der Waals surface area contributed by atoms with E-state index in [1.54, 1.807) is 13.1 Å². The van der Waals surface area contributed by atoms with Crippen molar-refractivity contribution in [1.29, 1.82) is 0 Å². The number of Topliss-reactive ketones (excluding diaryl/α,β-unsaturated/α-hetero) is 1. The number of pyridine rings is 1. The molecule has 7 heteroatoms. The third kappa shape index (κ3) is 3.28. The largest absolute Gasteiger partial charge is 0.334 e. The van der Waals surface area contributed by atoms with Gasteiger partial charge in [0.25, 0.3) is 5.56 Å². The molecule has 3 aromatic heterocycles. The van der Waals surface area contributed by atoms with Crippen molar-refractivity contribution in [3.05, 3.63) is 62.5 Å². The summed E-state index contributed by atoms with van der Waals surface area (Å²) in [6.07, 6.45) is 4.74. The van der Waals surface area contributed by atoms with Crippen molar-refractivity contribution in [1.82, 2.24) is 19.0 Å². The summed E-state index contributed by atoms with van der Waals surface area (Å²) in [5, 5.41) is 2.10. The smallest absolute Gasteiger partial charge is 0.261 e. The number of carbonyl (C=O) groups excluding carboxylic acids is 1. The van der Waals surface area contributed by atoms with Crippen molar-refractivity contribution in [2.45, 2.75) is 32.4 Å². The van der Waals surface area contributed by atoms with Crippen molar-refractivity contribution < 1.29 is 4.79 Å². The van der Waals surface area contributed by atoms with Gasteiger partial charge in [0.05, 0.1) is 10.4 Å². The average molecular weight is 409 g/mol. The van der Waals surface area contributed by atoms with Crippen molar-refractivity contribution >= 4 is 17.1 Å². The lowest BCUT2D eigenvalue weighted by molar-refractivity contribution is 0.102. The molecule has 150 valence electrons. The van der Waals surface area contributed by atoms with Crippen LogP contribution in [0.5, 0.6) is 0 Å². The maximum Gasteiger partial charge on any atom is 0.261 e. The van der Waals surface area contributed by atoms with Gasteiger partial charge < -0.3 is 9.13 Å². The second kappa shape index (κ2) is 7.07. The lowest BCUT2D eigenvalue weighted by atomic mass is 9.83. The highest BCUT2D eigenvalue weighted by atomic mass is 32.1. The van der Waals surface area contributed by atoms with Gasteiger partial charge in [-0.2, -0.15) is 0 Å². The summed E-state index contributed by atoms with van der Waals surface area (Å²) in [4.78, 5) is 32.4. The summed E-state index contributed by atoms with van der Waals surface area (Å²) >= 11 is 1.53. The lowest BCUT2D eigenvalue weighted by Crippen LogP contribution is -2.46. The maximum atomic E-state index is 13.2. The van der Waals surface area contributed by atoms with Gasteiger partial charge in [0.2, 0.25) is 0 Å². The van der Waals surface area contributed by atoms with Crippen LogP contribution in [0.1, 0.15) is 40.2 Å². The topological polar surface area (TPSA) is 60.1 Å². The van der Waals surface area contributed by atoms with Crippen molar-refractivity contribution in [3.63, 3.8) is 0 Å². The number of aromatic nitrogens is 3. The minimum absolute atomic E-state index is 0.0730. The highest BCUT2D eigenvalue weighted by molar-refractivity contribution is 7.12. The number of hydrogen-bond acceptors (Lipinski definition) is 5. The summed E-state index contributed by atoms with van der Waals surface area (Å²) in [5.41, 5.74) is 3.10. The first-order chi connectivity index (χ1) is 14.0. The Balaban J connectivity index is 1.41. The number of imidazole rings is 1. The minimum atomic E-state index is 0.0730. The van der Waals surface area contributed by atoms with Crippen LogP contribution in [0.2, 0.25) is 0 Å². The predicted molar refractivity (Wildman–Crippen MR) is 113 cm³/mol. The first-order valence-corrected chi connectivity index (χ1v) is 10.9. The van der Waals surface area contributed by atoms with Crippen LogP contribution in [-0.4, -0.2) is 37.9 Å². The van der Waals surface area contributed by atoms with E-state index in [9.17, 15) is 9.59 Å². The minimum Gasteiger partial charge on any atom is -0.334 e. The van der Waals surface area contributed by atoms with Crippen molar-refractivity contribution in [3.8, 4) is 11.4 Å². The van der Waals surface area contributed by atoms with Gasteiger partial charge in [-0.05, 0) is 48.4 Å². The number of rotatable bonds is 4. The first kappa shape index (κ1) is 18.5. The van der Waals surface area contributed by atoms with E-state index in [0.29, 0.717) is 17.4 Å². The van der Waals surface area contributed by atoms with Gasteiger partial charge in [0, 0.05) is 57.2 Å². The lowest BCUT2D eigenvalue weighted by Gasteiger charge is -2.42. The number of ketones is 1. The van der Waals surface area contributed by atoms with E-state index in [2.05, 4.69) is 21.3 Å². The molecule has 6 nitrogen and oxygen atoms in total. The van der Waals surface area contributed by atoms with Crippen LogP contribution in [0.3, 0.4) is 0 Å². The molecule has 1 fully saturated rings. The van der Waals surface area contributed by atoms with Gasteiger partial charge in [-0.15, -0.1) is 11.3 Å². The van der Waals surface area contributed by atoms with E-state index in [0.717, 1.165) is 49.0 Å². The zero-order chi connectivity index (χ0) is 20.1. The number of nitrogens with zero attached hydrogens (tertiary/aromatic N) is 4. The Bertz CT molecular complexity index is 1140. The highest BCUT2D eigenvalue weighted by Gasteiger charge is 2.35. The van der Waals surface area contributed by atoms with Gasteiger partial charge in [-0.1, -0.05) is 0 Å². The second-order valence-electron chi connectivity index (χ2n) is 8.32. The van der Waals surface area contributed by atoms with Crippen LogP contribution < -0.4 is 5.56 Å². The van der Waals surface area contributed by atoms with Crippen LogP contribution in [-0.2, 0) is 20.1 Å². The van der Waals surface area contributed by atoms with Crippen LogP contribution in [0.15, 0.2) is 40.8 Å². The Labute approximate surface area is 173 Å². The molecular weight excluding hydrogens is 384 g/mol. The van der Waals surface area contributed by atoms with Crippen LogP contribution in [0.25, 0.3) is 11.4 Å². The van der Waals surface area contributed by atoms with Crippen LogP contribution in [0, 0.1) is 5.92 Å². The van der Waals surface area contributed by atoms with Crippen molar-refractivity contribution in [2.24, 2.45) is 13.0 Å². The zero-order valence-electron chi connectivity index (χ0n) is 16.7. The molecular formula is C22H24N4O2S. The van der Waals surface area contributed by atoms with Gasteiger partial charge in [0.1, 0.15) is 5.82 Å². The summed E-state index contributed by atoms with van der Waals surface area (Å²) in [5.74, 6) is 1.70. The quantitative estimate of drug-likeness (QED) is 0.623. The number of likely N-dealkylation sites (tertiary alicyclic amines) is 1. The van der Waals surface area contributed by atoms with E-state index < -0.39 is 0 Å². The summed E-state index contributed by atoms with van der Waals surface area (Å²) in [6, 6.07) is 6.08. The normalized spacial score (nSPS) is 21.2. The van der Waals surface area contributed by atoms with Gasteiger partial charge >= 0.3 is 0 Å². The molecule has 0 saturated carbocycles. The number of carbonyl (C=O) groups is 1. The maximum absolute atomic E-state index is 13.2. The molecule has 0 aromatic carbocycles. The molecule has 2 aliphatic heterocycles. The zero-order valence-corrected chi connectivity index (χ0v) is 17.5. The SMILES string of the molecule is CC(=O)c1cc(CN2C[C@@H]3C[C@H](C2)c2ccc(-c4nccn4C)c(=O)n2C3)cs1. The second-order valence-corrected chi connectivity index (χ2v) is 9.23. The Morgan fingerprint density at radius 3 is 2.86 bits per heavy atom. The van der Waals surface area contributed by atoms with Crippen LogP contribution >= 0.6 is 11.3 Å². The average Bonchev–Trinajstić information content (AvgIpc) is 3.32. The predicted octanol–water partition coefficient (Wildman–Crippen LogP) is 3.13. The Morgan fingerprint density at radius 1 is 1.28 bits per heavy atom. The van der Waals surface area contributed by atoms with Crippen molar-refractivity contribution in [2.75, 3.05) is 13.1 Å². The third-order valence-corrected chi connectivity index (χ3v) is 7.23. The monoisotopic (exact) mass is 408 g/mol. The number of hydrogen-bond donors (Lipinski definition) is 0. The number of piperidine rings is 1. The fourth-order valence-corrected chi connectivity index (χ4v) is 5.68. The fourth-order valence-electron chi connectivity index (χ4n) is 4.87. The Morgan fingerprint density at radius 2 is 2.14 bits per heavy atom. The van der Waals surface area contributed by atoms with E-state index in [4.69, 9.17) is 0 Å². The summed E-state index contributed by atoms with van der Waals surface area (Å²) < 4.78 is 3.88. The standard InChI is InChI=1S/C22H24N4O2S/c1-14(27)20-8-16(13-29-20)10-25-9-15-7-17(12-25)19-4-3-18(22(28)26(19)11-15)21-23-5-6-24(21)2/h3-6,8,13,15,17H,7,9-12H2,1-2H3/t15-,17+/m0/s1. The molecule has 3 aromatic rings. The molecule has 0 amide bonds. The molecule has 2 aliphatic rings. The van der Waals surface area contributed by atoms with E-state index in [1.165, 1.54) is 16.9 Å². The van der Waals surface area contributed by atoms with Crippen LogP contribution in [0.4, 0.5) is 0 Å². The third-order valence-electron chi connectivity index (χ3n) is 6.15. The summed E-state index contributed by atoms with van der Waals surface area (Å²) in [7, 11) is 1.92. The molecule has 0 N–H and O–H groups in total. The molecule has 29 heavy (non-hydrogen) atoms. The number of fused-ring (bicyclic) bond motifs is 4. The Hall–Kier alpha value is -2.51. The number of aryl methyl sites for hydroxylation is 1. The molecule has 0 radical (unpaired) electrons. The molecule has 1 saturated heterocycles. The van der Waals surface area contributed by atoms with E-state index in [1.807, 2.05) is 34.5 Å². The molecule has 0 spiro atoms. The first-order valence-electron chi connectivity index (χ1n) is 10.0. The molecule has 5 rings (SSSR count). The summed E-state index contributed by atoms with van der Waals surface area (Å²) in [6.45, 7) is 5.19.